The predicted molar refractivity (Wildman–Crippen MR) is 65.9 cm³/mol. The minimum absolute atomic E-state index is 0.279. The molecule has 3 nitrogen and oxygen atoms in total. The Balaban J connectivity index is 1.96. The number of aliphatic hydroxyl groups is 2. The number of benzene rings is 1. The summed E-state index contributed by atoms with van der Waals surface area (Å²) in [7, 11) is 0. The molecular formula is C14H20O3. The van der Waals surface area contributed by atoms with Crippen molar-refractivity contribution in [1.29, 1.82) is 0 Å². The summed E-state index contributed by atoms with van der Waals surface area (Å²) in [5.41, 5.74) is 0.758. The van der Waals surface area contributed by atoms with Gasteiger partial charge in [-0.05, 0) is 42.9 Å². The molecule has 2 atom stereocenters. The highest BCUT2D eigenvalue weighted by Gasteiger charge is 2.34. The molecule has 2 unspecified atom stereocenters. The molecule has 0 spiro atoms. The van der Waals surface area contributed by atoms with E-state index in [2.05, 4.69) is 6.92 Å². The van der Waals surface area contributed by atoms with Gasteiger partial charge in [-0.1, -0.05) is 19.1 Å². The lowest BCUT2D eigenvalue weighted by Crippen LogP contribution is -2.20. The third kappa shape index (κ3) is 3.20. The van der Waals surface area contributed by atoms with Crippen LogP contribution in [0.5, 0.6) is 5.75 Å². The van der Waals surface area contributed by atoms with E-state index in [9.17, 15) is 10.2 Å². The molecule has 1 aliphatic rings. The summed E-state index contributed by atoms with van der Waals surface area (Å²) in [6.07, 6.45) is 1.62. The molecule has 1 fully saturated rings. The van der Waals surface area contributed by atoms with Crippen LogP contribution in [0.4, 0.5) is 0 Å². The smallest absolute Gasteiger partial charge is 0.119 e. The number of hydrogen-bond donors (Lipinski definition) is 2. The van der Waals surface area contributed by atoms with Crippen molar-refractivity contribution in [2.75, 3.05) is 6.61 Å². The first-order chi connectivity index (χ1) is 8.22. The predicted octanol–water partition coefficient (Wildman–Crippen LogP) is 2.28. The Kier molecular flexibility index (Phi) is 4.02. The Labute approximate surface area is 102 Å². The number of ether oxygens (including phenoxy) is 1. The summed E-state index contributed by atoms with van der Waals surface area (Å²) in [5, 5.41) is 19.8. The largest absolute Gasteiger partial charge is 0.494 e. The maximum Gasteiger partial charge on any atom is 0.119 e. The number of hydrogen-bond acceptors (Lipinski definition) is 3. The molecule has 1 aromatic carbocycles. The molecule has 2 rings (SSSR count). The van der Waals surface area contributed by atoms with Crippen molar-refractivity contribution in [3.05, 3.63) is 29.8 Å². The second kappa shape index (κ2) is 5.52. The Hall–Kier alpha value is -1.06. The van der Waals surface area contributed by atoms with Crippen LogP contribution in [0.25, 0.3) is 0 Å². The van der Waals surface area contributed by atoms with Gasteiger partial charge < -0.3 is 14.9 Å². The molecule has 0 aliphatic heterocycles. The average molecular weight is 236 g/mol. The summed E-state index contributed by atoms with van der Waals surface area (Å²) in [6.45, 7) is 2.76. The number of aliphatic hydroxyl groups excluding tert-OH is 2. The molecule has 1 saturated carbocycles. The third-order valence-corrected chi connectivity index (χ3v) is 3.12. The number of rotatable bonds is 6. The van der Waals surface area contributed by atoms with Crippen molar-refractivity contribution >= 4 is 0 Å². The van der Waals surface area contributed by atoms with Gasteiger partial charge in [-0.3, -0.25) is 0 Å². The normalized spacial score (nSPS) is 18.8. The molecule has 2 N–H and O–H groups in total. The standard InChI is InChI=1S/C14H20O3/c1-2-9-17-12-7-5-11(6-8-12)14(16)13(15)10-3-4-10/h5-8,10,13-16H,2-4,9H2,1H3. The van der Waals surface area contributed by atoms with Crippen molar-refractivity contribution in [2.24, 2.45) is 5.92 Å². The van der Waals surface area contributed by atoms with Crippen molar-refractivity contribution in [2.45, 2.75) is 38.4 Å². The Bertz CT molecular complexity index is 343. The Morgan fingerprint density at radius 2 is 1.88 bits per heavy atom. The van der Waals surface area contributed by atoms with Crippen LogP contribution in [-0.4, -0.2) is 22.9 Å². The zero-order valence-corrected chi connectivity index (χ0v) is 10.2. The van der Waals surface area contributed by atoms with Gasteiger partial charge in [0.1, 0.15) is 11.9 Å². The summed E-state index contributed by atoms with van der Waals surface area (Å²) in [4.78, 5) is 0. The van der Waals surface area contributed by atoms with E-state index in [-0.39, 0.29) is 5.92 Å². The fourth-order valence-corrected chi connectivity index (χ4v) is 1.87. The van der Waals surface area contributed by atoms with Crippen molar-refractivity contribution in [3.8, 4) is 5.75 Å². The SMILES string of the molecule is CCCOc1ccc(C(O)C(O)C2CC2)cc1. The summed E-state index contributed by atoms with van der Waals surface area (Å²) < 4.78 is 5.47. The van der Waals surface area contributed by atoms with Crippen molar-refractivity contribution < 1.29 is 14.9 Å². The zero-order chi connectivity index (χ0) is 12.3. The first kappa shape index (κ1) is 12.4. The van der Waals surface area contributed by atoms with Crippen LogP contribution >= 0.6 is 0 Å². The van der Waals surface area contributed by atoms with E-state index in [0.29, 0.717) is 6.61 Å². The lowest BCUT2D eigenvalue weighted by Gasteiger charge is -2.17. The molecule has 0 amide bonds. The minimum Gasteiger partial charge on any atom is -0.494 e. The summed E-state index contributed by atoms with van der Waals surface area (Å²) in [5.74, 6) is 1.09. The average Bonchev–Trinajstić information content (AvgIpc) is 3.19. The molecule has 0 heterocycles. The summed E-state index contributed by atoms with van der Waals surface area (Å²) in [6, 6.07) is 7.32. The van der Waals surface area contributed by atoms with E-state index in [1.807, 2.05) is 24.3 Å². The molecule has 0 radical (unpaired) electrons. The highest BCUT2D eigenvalue weighted by atomic mass is 16.5. The van der Waals surface area contributed by atoms with Gasteiger partial charge in [-0.25, -0.2) is 0 Å². The molecule has 0 bridgehead atoms. The monoisotopic (exact) mass is 236 g/mol. The second-order valence-corrected chi connectivity index (χ2v) is 4.69. The van der Waals surface area contributed by atoms with Crippen LogP contribution < -0.4 is 4.74 Å². The van der Waals surface area contributed by atoms with Crippen molar-refractivity contribution in [1.82, 2.24) is 0 Å². The molecule has 0 saturated heterocycles. The van der Waals surface area contributed by atoms with Gasteiger partial charge in [-0.2, -0.15) is 0 Å². The molecule has 0 aromatic heterocycles. The van der Waals surface area contributed by atoms with Crippen LogP contribution in [0.15, 0.2) is 24.3 Å². The molecule has 94 valence electrons. The molecular weight excluding hydrogens is 216 g/mol. The fourth-order valence-electron chi connectivity index (χ4n) is 1.87. The van der Waals surface area contributed by atoms with Crippen LogP contribution in [0.3, 0.4) is 0 Å². The van der Waals surface area contributed by atoms with E-state index in [1.54, 1.807) is 0 Å². The van der Waals surface area contributed by atoms with Gasteiger partial charge in [0.2, 0.25) is 0 Å². The highest BCUT2D eigenvalue weighted by molar-refractivity contribution is 5.29. The maximum atomic E-state index is 9.98. The maximum absolute atomic E-state index is 9.98. The van der Waals surface area contributed by atoms with E-state index < -0.39 is 12.2 Å². The lowest BCUT2D eigenvalue weighted by atomic mass is 10.0. The summed E-state index contributed by atoms with van der Waals surface area (Å²) >= 11 is 0. The first-order valence-corrected chi connectivity index (χ1v) is 6.31. The first-order valence-electron chi connectivity index (χ1n) is 6.31. The van der Waals surface area contributed by atoms with Gasteiger partial charge in [0.25, 0.3) is 0 Å². The van der Waals surface area contributed by atoms with Crippen LogP contribution in [-0.2, 0) is 0 Å². The third-order valence-electron chi connectivity index (χ3n) is 3.12. The van der Waals surface area contributed by atoms with Gasteiger partial charge in [-0.15, -0.1) is 0 Å². The Morgan fingerprint density at radius 1 is 1.24 bits per heavy atom. The van der Waals surface area contributed by atoms with Gasteiger partial charge in [0, 0.05) is 0 Å². The van der Waals surface area contributed by atoms with Crippen LogP contribution in [0.1, 0.15) is 37.9 Å². The van der Waals surface area contributed by atoms with Gasteiger partial charge in [0.15, 0.2) is 0 Å². The Morgan fingerprint density at radius 3 is 2.41 bits per heavy atom. The second-order valence-electron chi connectivity index (χ2n) is 4.69. The van der Waals surface area contributed by atoms with Crippen molar-refractivity contribution in [3.63, 3.8) is 0 Å². The lowest BCUT2D eigenvalue weighted by molar-refractivity contribution is 0.00482. The van der Waals surface area contributed by atoms with E-state index in [4.69, 9.17) is 4.74 Å². The zero-order valence-electron chi connectivity index (χ0n) is 10.2. The van der Waals surface area contributed by atoms with E-state index in [1.165, 1.54) is 0 Å². The highest BCUT2D eigenvalue weighted by Crippen LogP contribution is 2.38. The van der Waals surface area contributed by atoms with E-state index in [0.717, 1.165) is 30.6 Å². The van der Waals surface area contributed by atoms with Gasteiger partial charge in [0.05, 0.1) is 12.7 Å². The topological polar surface area (TPSA) is 49.7 Å². The van der Waals surface area contributed by atoms with Crippen LogP contribution in [0, 0.1) is 5.92 Å². The molecule has 3 heteroatoms. The van der Waals surface area contributed by atoms with Crippen LogP contribution in [0.2, 0.25) is 0 Å². The molecule has 1 aliphatic carbocycles. The fraction of sp³-hybridized carbons (Fsp3) is 0.571. The molecule has 17 heavy (non-hydrogen) atoms. The minimum atomic E-state index is -0.775. The van der Waals surface area contributed by atoms with E-state index >= 15 is 0 Å². The quantitative estimate of drug-likeness (QED) is 0.796. The van der Waals surface area contributed by atoms with Gasteiger partial charge >= 0.3 is 0 Å². The molecule has 1 aromatic rings.